The number of hydrogen-bond donors (Lipinski definition) is 0. The predicted molar refractivity (Wildman–Crippen MR) is 116 cm³/mol. The molecular formula is C19H16Br3NO4. The number of benzene rings is 2. The minimum absolute atomic E-state index is 0.0803. The van der Waals surface area contributed by atoms with Crippen LogP contribution in [0.25, 0.3) is 6.08 Å². The van der Waals surface area contributed by atoms with Crippen molar-refractivity contribution in [1.82, 2.24) is 0 Å². The lowest BCUT2D eigenvalue weighted by Gasteiger charge is -2.13. The van der Waals surface area contributed by atoms with Crippen LogP contribution in [0.1, 0.15) is 16.7 Å². The number of oxime groups is 1. The fourth-order valence-corrected chi connectivity index (χ4v) is 3.12. The Balaban J connectivity index is 2.35. The standard InChI is InChI=1S/C19H16Br3NO4/c1-25-19(24)18(23-26-2)15-6-4-3-5-13(15)11-27-16-10-14(20)8-7-12(16)9-17(21)22/h3-10H,11H2,1-2H3/b23-18+. The fraction of sp³-hybridized carbons (Fsp3) is 0.158. The van der Waals surface area contributed by atoms with E-state index in [4.69, 9.17) is 14.3 Å². The summed E-state index contributed by atoms with van der Waals surface area (Å²) >= 11 is 10.2. The molecule has 0 radical (unpaired) electrons. The van der Waals surface area contributed by atoms with Crippen molar-refractivity contribution in [1.29, 1.82) is 0 Å². The van der Waals surface area contributed by atoms with Crippen LogP contribution in [0.3, 0.4) is 0 Å². The number of halogens is 3. The Kier molecular flexibility index (Phi) is 8.53. The number of carbonyl (C=O) groups excluding carboxylic acids is 1. The van der Waals surface area contributed by atoms with Crippen molar-refractivity contribution >= 4 is 65.5 Å². The maximum absolute atomic E-state index is 12.1. The molecule has 27 heavy (non-hydrogen) atoms. The Morgan fingerprint density at radius 1 is 1.15 bits per heavy atom. The van der Waals surface area contributed by atoms with Crippen LogP contribution in [0.2, 0.25) is 0 Å². The summed E-state index contributed by atoms with van der Waals surface area (Å²) in [6.45, 7) is 0.229. The highest BCUT2D eigenvalue weighted by Gasteiger charge is 2.19. The van der Waals surface area contributed by atoms with Gasteiger partial charge >= 0.3 is 5.97 Å². The largest absolute Gasteiger partial charge is 0.488 e. The quantitative estimate of drug-likeness (QED) is 0.249. The average Bonchev–Trinajstić information content (AvgIpc) is 2.65. The van der Waals surface area contributed by atoms with E-state index in [0.717, 1.165) is 19.0 Å². The van der Waals surface area contributed by atoms with Crippen LogP contribution in [0.5, 0.6) is 5.75 Å². The van der Waals surface area contributed by atoms with Gasteiger partial charge in [0.1, 0.15) is 19.5 Å². The zero-order chi connectivity index (χ0) is 19.8. The molecule has 142 valence electrons. The molecule has 0 aromatic heterocycles. The van der Waals surface area contributed by atoms with Crippen LogP contribution in [0.15, 0.2) is 55.5 Å². The Morgan fingerprint density at radius 2 is 1.89 bits per heavy atom. The van der Waals surface area contributed by atoms with E-state index in [-0.39, 0.29) is 12.3 Å². The maximum Gasteiger partial charge on any atom is 0.360 e. The number of hydrogen-bond acceptors (Lipinski definition) is 5. The van der Waals surface area contributed by atoms with Crippen LogP contribution in [-0.2, 0) is 21.0 Å². The number of nitrogens with zero attached hydrogens (tertiary/aromatic N) is 1. The van der Waals surface area contributed by atoms with Crippen molar-refractivity contribution in [2.45, 2.75) is 6.61 Å². The minimum atomic E-state index is -0.585. The zero-order valence-corrected chi connectivity index (χ0v) is 19.3. The summed E-state index contributed by atoms with van der Waals surface area (Å²) in [5, 5.41) is 3.81. The third-order valence-corrected chi connectivity index (χ3v) is 4.41. The lowest BCUT2D eigenvalue weighted by molar-refractivity contribution is -0.132. The van der Waals surface area contributed by atoms with Crippen molar-refractivity contribution in [3.63, 3.8) is 0 Å². The molecule has 0 N–H and O–H groups in total. The van der Waals surface area contributed by atoms with Gasteiger partial charge in [0.15, 0.2) is 5.71 Å². The van der Waals surface area contributed by atoms with Gasteiger partial charge in [-0.1, -0.05) is 51.4 Å². The SMILES string of the molecule is CO/N=C(/C(=O)OC)c1ccccc1COc1cc(Br)ccc1C=C(Br)Br. The van der Waals surface area contributed by atoms with Gasteiger partial charge in [-0.25, -0.2) is 4.79 Å². The molecule has 0 aliphatic rings. The highest BCUT2D eigenvalue weighted by molar-refractivity contribution is 9.28. The van der Waals surface area contributed by atoms with E-state index < -0.39 is 5.97 Å². The van der Waals surface area contributed by atoms with Gasteiger partial charge in [-0.2, -0.15) is 0 Å². The summed E-state index contributed by atoms with van der Waals surface area (Å²) < 4.78 is 12.5. The Morgan fingerprint density at radius 3 is 2.56 bits per heavy atom. The van der Waals surface area contributed by atoms with Crippen LogP contribution < -0.4 is 4.74 Å². The summed E-state index contributed by atoms with van der Waals surface area (Å²) in [6.07, 6.45) is 1.89. The molecule has 2 rings (SSSR count). The monoisotopic (exact) mass is 559 g/mol. The molecule has 0 bridgehead atoms. The molecule has 0 amide bonds. The summed E-state index contributed by atoms with van der Waals surface area (Å²) in [5.74, 6) is 0.0949. The Labute approximate surface area is 182 Å². The van der Waals surface area contributed by atoms with Crippen LogP contribution in [0, 0.1) is 0 Å². The van der Waals surface area contributed by atoms with E-state index in [1.54, 1.807) is 6.07 Å². The van der Waals surface area contributed by atoms with Gasteiger partial charge in [0.2, 0.25) is 0 Å². The highest BCUT2D eigenvalue weighted by Crippen LogP contribution is 2.29. The van der Waals surface area contributed by atoms with E-state index in [0.29, 0.717) is 11.3 Å². The molecule has 0 atom stereocenters. The smallest absolute Gasteiger partial charge is 0.360 e. The van der Waals surface area contributed by atoms with Gasteiger partial charge in [0, 0.05) is 15.6 Å². The van der Waals surface area contributed by atoms with Crippen molar-refractivity contribution in [3.8, 4) is 5.75 Å². The lowest BCUT2D eigenvalue weighted by Crippen LogP contribution is -2.19. The summed E-state index contributed by atoms with van der Waals surface area (Å²) in [6, 6.07) is 13.0. The number of ether oxygens (including phenoxy) is 2. The first-order chi connectivity index (χ1) is 13.0. The second-order valence-electron chi connectivity index (χ2n) is 5.18. The first kappa shape index (κ1) is 21.7. The van der Waals surface area contributed by atoms with Crippen molar-refractivity contribution in [2.75, 3.05) is 14.2 Å². The second-order valence-corrected chi connectivity index (χ2v) is 8.86. The molecule has 5 nitrogen and oxygen atoms in total. The molecule has 0 unspecified atom stereocenters. The van der Waals surface area contributed by atoms with Crippen LogP contribution >= 0.6 is 47.8 Å². The molecule has 0 aliphatic carbocycles. The molecule has 0 aliphatic heterocycles. The van der Waals surface area contributed by atoms with Crippen molar-refractivity contribution in [2.24, 2.45) is 5.16 Å². The summed E-state index contributed by atoms with van der Waals surface area (Å²) in [5.41, 5.74) is 2.32. The van der Waals surface area contributed by atoms with Gasteiger partial charge in [-0.15, -0.1) is 0 Å². The molecule has 2 aromatic carbocycles. The second kappa shape index (κ2) is 10.6. The molecule has 0 spiro atoms. The number of methoxy groups -OCH3 is 1. The maximum atomic E-state index is 12.1. The summed E-state index contributed by atoms with van der Waals surface area (Å²) in [4.78, 5) is 16.9. The zero-order valence-electron chi connectivity index (χ0n) is 14.5. The van der Waals surface area contributed by atoms with Gasteiger partial charge < -0.3 is 14.3 Å². The molecule has 8 heteroatoms. The minimum Gasteiger partial charge on any atom is -0.488 e. The van der Waals surface area contributed by atoms with Gasteiger partial charge in [0.05, 0.1) is 10.5 Å². The Hall–Kier alpha value is -1.64. The van der Waals surface area contributed by atoms with Crippen molar-refractivity contribution in [3.05, 3.63) is 67.0 Å². The van der Waals surface area contributed by atoms with Crippen LogP contribution in [-0.4, -0.2) is 25.9 Å². The number of carbonyl (C=O) groups is 1. The van der Waals surface area contributed by atoms with E-state index in [1.165, 1.54) is 14.2 Å². The highest BCUT2D eigenvalue weighted by atomic mass is 79.9. The van der Waals surface area contributed by atoms with Crippen LogP contribution in [0.4, 0.5) is 0 Å². The third kappa shape index (κ3) is 6.19. The molecular weight excluding hydrogens is 546 g/mol. The predicted octanol–water partition coefficient (Wildman–Crippen LogP) is 5.64. The first-order valence-electron chi connectivity index (χ1n) is 7.69. The van der Waals surface area contributed by atoms with E-state index in [1.807, 2.05) is 42.5 Å². The van der Waals surface area contributed by atoms with Gasteiger partial charge in [-0.3, -0.25) is 0 Å². The summed E-state index contributed by atoms with van der Waals surface area (Å²) in [7, 11) is 2.67. The third-order valence-electron chi connectivity index (χ3n) is 3.46. The molecule has 0 heterocycles. The Bertz CT molecular complexity index is 877. The molecule has 2 aromatic rings. The number of esters is 1. The fourth-order valence-electron chi connectivity index (χ4n) is 2.29. The lowest BCUT2D eigenvalue weighted by atomic mass is 10.0. The van der Waals surface area contributed by atoms with Crippen molar-refractivity contribution < 1.29 is 19.1 Å². The molecule has 0 saturated carbocycles. The number of rotatable bonds is 7. The first-order valence-corrected chi connectivity index (χ1v) is 10.1. The van der Waals surface area contributed by atoms with E-state index in [9.17, 15) is 4.79 Å². The molecule has 0 saturated heterocycles. The normalized spacial score (nSPS) is 10.9. The molecule has 0 fully saturated rings. The topological polar surface area (TPSA) is 57.1 Å². The van der Waals surface area contributed by atoms with Gasteiger partial charge in [0.25, 0.3) is 0 Å². The van der Waals surface area contributed by atoms with E-state index >= 15 is 0 Å². The average molecular weight is 562 g/mol. The van der Waals surface area contributed by atoms with E-state index in [2.05, 4.69) is 52.9 Å². The van der Waals surface area contributed by atoms with Gasteiger partial charge in [-0.05, 0) is 55.6 Å².